The Bertz CT molecular complexity index is 441. The van der Waals surface area contributed by atoms with Crippen molar-refractivity contribution in [2.75, 3.05) is 0 Å². The van der Waals surface area contributed by atoms with Gasteiger partial charge in [-0.1, -0.05) is 0 Å². The van der Waals surface area contributed by atoms with Crippen LogP contribution in [0.3, 0.4) is 0 Å². The van der Waals surface area contributed by atoms with E-state index >= 15 is 0 Å². The Kier molecular flexibility index (Phi) is 1.78. The van der Waals surface area contributed by atoms with Crippen LogP contribution in [-0.4, -0.2) is 36.8 Å². The van der Waals surface area contributed by atoms with Crippen LogP contribution >= 0.6 is 0 Å². The Balaban J connectivity index is 2.50. The van der Waals surface area contributed by atoms with Crippen LogP contribution in [0.5, 0.6) is 0 Å². The normalized spacial score (nSPS) is 11.9. The van der Waals surface area contributed by atoms with E-state index in [4.69, 9.17) is 11.6 Å². The number of nitrogens with two attached hydrogens (primary N) is 2. The fourth-order valence-corrected chi connectivity index (χ4v) is 0.827. The molecule has 5 N–H and O–H groups in total. The van der Waals surface area contributed by atoms with E-state index in [9.17, 15) is 0 Å². The second-order valence-corrected chi connectivity index (χ2v) is 2.21. The lowest BCUT2D eigenvalue weighted by Crippen LogP contribution is -2.17. The predicted octanol–water partition coefficient (Wildman–Crippen LogP) is -2.17. The fourth-order valence-electron chi connectivity index (χ4n) is 0.827. The number of rotatable bonds is 2. The van der Waals surface area contributed by atoms with Gasteiger partial charge in [0.25, 0.3) is 0 Å². The Labute approximate surface area is 76.3 Å². The number of tetrazole rings is 1. The fraction of sp³-hybridized carbons (Fsp3) is 0. The molecule has 0 fully saturated rings. The first kappa shape index (κ1) is 8.10. The molecule has 2 heterocycles. The molecule has 0 aromatic carbocycles. The third kappa shape index (κ3) is 1.14. The quantitative estimate of drug-likeness (QED) is 0.211. The summed E-state index contributed by atoms with van der Waals surface area (Å²) in [6, 6.07) is 0. The molecule has 0 saturated carbocycles. The SMILES string of the molecule is N/N=C(/N)c1nonc1-c1nn[nH]n1. The molecule has 2 aromatic rings. The van der Waals surface area contributed by atoms with Gasteiger partial charge in [-0.15, -0.1) is 10.2 Å². The van der Waals surface area contributed by atoms with Crippen LogP contribution in [0.25, 0.3) is 11.5 Å². The summed E-state index contributed by atoms with van der Waals surface area (Å²) in [5.41, 5.74) is 5.82. The number of aromatic amines is 1. The van der Waals surface area contributed by atoms with Crippen molar-refractivity contribution in [3.8, 4) is 11.5 Å². The zero-order chi connectivity index (χ0) is 9.97. The molecule has 2 aromatic heterocycles. The van der Waals surface area contributed by atoms with E-state index in [0.717, 1.165) is 0 Å². The number of H-pyrrole nitrogens is 1. The highest BCUT2D eigenvalue weighted by Crippen LogP contribution is 2.13. The Morgan fingerprint density at radius 1 is 1.43 bits per heavy atom. The third-order valence-corrected chi connectivity index (χ3v) is 1.43. The van der Waals surface area contributed by atoms with Gasteiger partial charge in [-0.25, -0.2) is 4.63 Å². The highest BCUT2D eigenvalue weighted by Gasteiger charge is 2.18. The molecule has 10 nitrogen and oxygen atoms in total. The summed E-state index contributed by atoms with van der Waals surface area (Å²) in [5.74, 6) is 5.15. The first-order valence-corrected chi connectivity index (χ1v) is 3.43. The molecule has 0 aliphatic heterocycles. The molecular weight excluding hydrogens is 190 g/mol. The van der Waals surface area contributed by atoms with Crippen molar-refractivity contribution < 1.29 is 4.63 Å². The monoisotopic (exact) mass is 195 g/mol. The Hall–Kier alpha value is -2.52. The van der Waals surface area contributed by atoms with Crippen molar-refractivity contribution in [1.82, 2.24) is 30.9 Å². The minimum atomic E-state index is -0.0222. The number of hydrogen-bond donors (Lipinski definition) is 3. The highest BCUT2D eigenvalue weighted by molar-refractivity contribution is 5.99. The molecule has 0 radical (unpaired) electrons. The summed E-state index contributed by atoms with van der Waals surface area (Å²) >= 11 is 0. The molecule has 0 aliphatic carbocycles. The van der Waals surface area contributed by atoms with Crippen molar-refractivity contribution in [3.63, 3.8) is 0 Å². The molecule has 14 heavy (non-hydrogen) atoms. The van der Waals surface area contributed by atoms with Crippen molar-refractivity contribution in [1.29, 1.82) is 0 Å². The number of aromatic nitrogens is 6. The molecule has 2 rings (SSSR count). The van der Waals surface area contributed by atoms with Crippen LogP contribution in [0, 0.1) is 0 Å². The number of nitrogens with one attached hydrogen (secondary N) is 1. The van der Waals surface area contributed by atoms with E-state index < -0.39 is 0 Å². The van der Waals surface area contributed by atoms with Gasteiger partial charge in [0.2, 0.25) is 5.82 Å². The summed E-state index contributed by atoms with van der Waals surface area (Å²) < 4.78 is 4.45. The lowest BCUT2D eigenvalue weighted by Gasteiger charge is -1.91. The van der Waals surface area contributed by atoms with Crippen LogP contribution in [0.15, 0.2) is 9.73 Å². The first-order chi connectivity index (χ1) is 6.83. The Morgan fingerprint density at radius 2 is 2.29 bits per heavy atom. The second-order valence-electron chi connectivity index (χ2n) is 2.21. The van der Waals surface area contributed by atoms with Gasteiger partial charge in [-0.2, -0.15) is 10.3 Å². The van der Waals surface area contributed by atoms with Crippen molar-refractivity contribution in [3.05, 3.63) is 5.69 Å². The molecule has 0 saturated heterocycles. The molecule has 0 bridgehead atoms. The van der Waals surface area contributed by atoms with Crippen LogP contribution in [0.2, 0.25) is 0 Å². The van der Waals surface area contributed by atoms with Gasteiger partial charge >= 0.3 is 0 Å². The summed E-state index contributed by atoms with van der Waals surface area (Å²) in [4.78, 5) is 0. The van der Waals surface area contributed by atoms with Crippen LogP contribution in [-0.2, 0) is 0 Å². The van der Waals surface area contributed by atoms with Gasteiger partial charge in [-0.3, -0.25) is 0 Å². The van der Waals surface area contributed by atoms with E-state index in [1.165, 1.54) is 0 Å². The van der Waals surface area contributed by atoms with Crippen LogP contribution < -0.4 is 11.6 Å². The molecule has 0 amide bonds. The molecule has 72 valence electrons. The standard InChI is InChI=1S/C4H5N9O/c5-3(7-6)1-2(11-14-10-1)4-8-12-13-9-4/h6H2,(H2,5,7)(H,8,9,12,13). The molecular formula is C4H5N9O. The molecule has 0 spiro atoms. The zero-order valence-corrected chi connectivity index (χ0v) is 6.75. The average Bonchev–Trinajstić information content (AvgIpc) is 2.85. The van der Waals surface area contributed by atoms with E-state index in [0.29, 0.717) is 0 Å². The summed E-state index contributed by atoms with van der Waals surface area (Å²) in [6.07, 6.45) is 0. The highest BCUT2D eigenvalue weighted by atomic mass is 16.6. The van der Waals surface area contributed by atoms with Crippen molar-refractivity contribution in [2.24, 2.45) is 16.7 Å². The molecule has 0 unspecified atom stereocenters. The minimum Gasteiger partial charge on any atom is -0.380 e. The lowest BCUT2D eigenvalue weighted by atomic mass is 10.3. The largest absolute Gasteiger partial charge is 0.380 e. The average molecular weight is 195 g/mol. The van der Waals surface area contributed by atoms with Gasteiger partial charge < -0.3 is 11.6 Å². The molecule has 0 aliphatic rings. The first-order valence-electron chi connectivity index (χ1n) is 3.43. The maximum Gasteiger partial charge on any atom is 0.229 e. The van der Waals surface area contributed by atoms with Gasteiger partial charge in [0, 0.05) is 0 Å². The maximum absolute atomic E-state index is 5.42. The minimum absolute atomic E-state index is 0.0222. The van der Waals surface area contributed by atoms with Crippen LogP contribution in [0.1, 0.15) is 5.69 Å². The zero-order valence-electron chi connectivity index (χ0n) is 6.75. The van der Waals surface area contributed by atoms with Gasteiger partial charge in [-0.05, 0) is 15.5 Å². The van der Waals surface area contributed by atoms with Gasteiger partial charge in [0.15, 0.2) is 17.2 Å². The van der Waals surface area contributed by atoms with Gasteiger partial charge in [0.05, 0.1) is 0 Å². The predicted molar refractivity (Wildman–Crippen MR) is 42.4 cm³/mol. The molecule has 10 heteroatoms. The van der Waals surface area contributed by atoms with Gasteiger partial charge in [0.1, 0.15) is 0 Å². The van der Waals surface area contributed by atoms with E-state index in [2.05, 4.69) is 40.7 Å². The van der Waals surface area contributed by atoms with E-state index in [1.807, 2.05) is 0 Å². The van der Waals surface area contributed by atoms with Crippen LogP contribution in [0.4, 0.5) is 0 Å². The second kappa shape index (κ2) is 3.08. The number of nitrogens with zero attached hydrogens (tertiary/aromatic N) is 6. The number of amidine groups is 1. The van der Waals surface area contributed by atoms with Crippen molar-refractivity contribution >= 4 is 5.84 Å². The molecule has 0 atom stereocenters. The number of hydrazone groups is 1. The van der Waals surface area contributed by atoms with E-state index in [-0.39, 0.29) is 23.0 Å². The van der Waals surface area contributed by atoms with E-state index in [1.54, 1.807) is 0 Å². The number of hydrogen-bond acceptors (Lipinski definition) is 8. The smallest absolute Gasteiger partial charge is 0.229 e. The lowest BCUT2D eigenvalue weighted by molar-refractivity contribution is 0.307. The summed E-state index contributed by atoms with van der Waals surface area (Å²) in [7, 11) is 0. The summed E-state index contributed by atoms with van der Waals surface area (Å²) in [6.45, 7) is 0. The third-order valence-electron chi connectivity index (χ3n) is 1.43. The Morgan fingerprint density at radius 3 is 2.93 bits per heavy atom. The maximum atomic E-state index is 5.42. The topological polar surface area (TPSA) is 158 Å². The summed E-state index contributed by atoms with van der Waals surface area (Å²) in [5, 5.41) is 23.2. The van der Waals surface area contributed by atoms with Crippen molar-refractivity contribution in [2.45, 2.75) is 0 Å².